The van der Waals surface area contributed by atoms with Crippen molar-refractivity contribution in [2.45, 2.75) is 25.4 Å². The lowest BCUT2D eigenvalue weighted by atomic mass is 10.2. The second kappa shape index (κ2) is 4.17. The van der Waals surface area contributed by atoms with Gasteiger partial charge in [0, 0.05) is 11.5 Å². The molecule has 0 amide bonds. The molecule has 0 bridgehead atoms. The van der Waals surface area contributed by atoms with Crippen LogP contribution in [0.1, 0.15) is 30.0 Å². The summed E-state index contributed by atoms with van der Waals surface area (Å²) in [5.41, 5.74) is 2.91. The van der Waals surface area contributed by atoms with Gasteiger partial charge in [-0.1, -0.05) is 23.7 Å². The molecule has 1 aromatic heterocycles. The Morgan fingerprint density at radius 2 is 2.12 bits per heavy atom. The molecule has 3 rings (SSSR count). The zero-order valence-electron chi connectivity index (χ0n) is 9.31. The maximum atomic E-state index is 9.34. The smallest absolute Gasteiger partial charge is 0.0835 e. The maximum Gasteiger partial charge on any atom is 0.0835 e. The third-order valence-electron chi connectivity index (χ3n) is 3.10. The molecule has 0 unspecified atom stereocenters. The van der Waals surface area contributed by atoms with Crippen LogP contribution in [-0.2, 0) is 6.61 Å². The van der Waals surface area contributed by atoms with Crippen molar-refractivity contribution in [3.8, 4) is 5.69 Å². The van der Waals surface area contributed by atoms with E-state index in [0.29, 0.717) is 10.9 Å². The first-order chi connectivity index (χ1) is 8.31. The van der Waals surface area contributed by atoms with Gasteiger partial charge >= 0.3 is 0 Å². The fraction of sp³-hybridized carbons (Fsp3) is 0.308. The number of aromatic nitrogens is 2. The van der Waals surface area contributed by atoms with Gasteiger partial charge in [0.05, 0.1) is 29.2 Å². The highest BCUT2D eigenvalue weighted by molar-refractivity contribution is 6.32. The van der Waals surface area contributed by atoms with E-state index in [1.54, 1.807) is 6.20 Å². The van der Waals surface area contributed by atoms with Crippen LogP contribution in [0, 0.1) is 0 Å². The van der Waals surface area contributed by atoms with Gasteiger partial charge in [0.2, 0.25) is 0 Å². The Kier molecular flexibility index (Phi) is 2.65. The number of rotatable bonds is 3. The lowest BCUT2D eigenvalue weighted by Gasteiger charge is -2.09. The number of benzene rings is 1. The van der Waals surface area contributed by atoms with Gasteiger partial charge in [-0.3, -0.25) is 0 Å². The van der Waals surface area contributed by atoms with Crippen molar-refractivity contribution in [2.75, 3.05) is 0 Å². The first-order valence-electron chi connectivity index (χ1n) is 5.74. The third kappa shape index (κ3) is 1.85. The highest BCUT2D eigenvalue weighted by Crippen LogP contribution is 2.42. The molecule has 2 aromatic rings. The van der Waals surface area contributed by atoms with Gasteiger partial charge in [-0.2, -0.15) is 5.10 Å². The van der Waals surface area contributed by atoms with Gasteiger partial charge < -0.3 is 5.11 Å². The number of hydrogen-bond donors (Lipinski definition) is 1. The molecular formula is C13H13ClN2O. The van der Waals surface area contributed by atoms with Crippen molar-refractivity contribution in [1.82, 2.24) is 9.78 Å². The number of para-hydroxylation sites is 1. The van der Waals surface area contributed by atoms with E-state index in [0.717, 1.165) is 16.9 Å². The fourth-order valence-corrected chi connectivity index (χ4v) is 2.34. The van der Waals surface area contributed by atoms with E-state index in [1.165, 1.54) is 12.8 Å². The Bertz CT molecular complexity index is 546. The number of halogens is 1. The quantitative estimate of drug-likeness (QED) is 0.907. The van der Waals surface area contributed by atoms with E-state index in [2.05, 4.69) is 5.10 Å². The molecule has 88 valence electrons. The standard InChI is InChI=1S/C13H13ClN2O/c14-11-3-1-2-4-12(11)16-13(9-5-6-9)10(8-17)7-15-16/h1-4,7,9,17H,5-6,8H2. The highest BCUT2D eigenvalue weighted by Gasteiger charge is 2.30. The van der Waals surface area contributed by atoms with Crippen molar-refractivity contribution in [2.24, 2.45) is 0 Å². The molecule has 0 aliphatic heterocycles. The van der Waals surface area contributed by atoms with Crippen molar-refractivity contribution in [3.05, 3.63) is 46.7 Å². The third-order valence-corrected chi connectivity index (χ3v) is 3.42. The van der Waals surface area contributed by atoms with E-state index in [9.17, 15) is 5.11 Å². The second-order valence-electron chi connectivity index (χ2n) is 4.35. The molecule has 3 nitrogen and oxygen atoms in total. The Balaban J connectivity index is 2.14. The van der Waals surface area contributed by atoms with Crippen LogP contribution in [0.15, 0.2) is 30.5 Å². The van der Waals surface area contributed by atoms with Crippen LogP contribution in [0.25, 0.3) is 5.69 Å². The maximum absolute atomic E-state index is 9.34. The van der Waals surface area contributed by atoms with Crippen molar-refractivity contribution in [3.63, 3.8) is 0 Å². The molecule has 0 spiro atoms. The average Bonchev–Trinajstić information content (AvgIpc) is 3.10. The van der Waals surface area contributed by atoms with E-state index in [1.807, 2.05) is 28.9 Å². The van der Waals surface area contributed by atoms with Gasteiger partial charge in [-0.25, -0.2) is 4.68 Å². The predicted molar refractivity (Wildman–Crippen MR) is 66.5 cm³/mol. The van der Waals surface area contributed by atoms with E-state index in [-0.39, 0.29) is 6.61 Å². The summed E-state index contributed by atoms with van der Waals surface area (Å²) in [5, 5.41) is 14.4. The Labute approximate surface area is 105 Å². The van der Waals surface area contributed by atoms with Crippen molar-refractivity contribution < 1.29 is 5.11 Å². The highest BCUT2D eigenvalue weighted by atomic mass is 35.5. The van der Waals surface area contributed by atoms with Crippen LogP contribution in [0.4, 0.5) is 0 Å². The summed E-state index contributed by atoms with van der Waals surface area (Å²) in [7, 11) is 0. The van der Waals surface area contributed by atoms with Crippen LogP contribution in [0.5, 0.6) is 0 Å². The lowest BCUT2D eigenvalue weighted by molar-refractivity contribution is 0.280. The van der Waals surface area contributed by atoms with Gasteiger partial charge in [0.15, 0.2) is 0 Å². The van der Waals surface area contributed by atoms with E-state index in [4.69, 9.17) is 11.6 Å². The minimum absolute atomic E-state index is 0.0380. The molecule has 1 fully saturated rings. The molecule has 1 aliphatic rings. The predicted octanol–water partition coefficient (Wildman–Crippen LogP) is 2.90. The first-order valence-corrected chi connectivity index (χ1v) is 6.11. The van der Waals surface area contributed by atoms with Crippen molar-refractivity contribution >= 4 is 11.6 Å². The summed E-state index contributed by atoms with van der Waals surface area (Å²) >= 11 is 6.18. The molecule has 1 aliphatic carbocycles. The average molecular weight is 249 g/mol. The molecule has 0 atom stereocenters. The summed E-state index contributed by atoms with van der Waals surface area (Å²) in [6, 6.07) is 7.65. The summed E-state index contributed by atoms with van der Waals surface area (Å²) in [5.74, 6) is 0.524. The van der Waals surface area contributed by atoms with Crippen LogP contribution in [0.3, 0.4) is 0 Å². The van der Waals surface area contributed by atoms with Gasteiger partial charge in [0.1, 0.15) is 0 Å². The molecule has 4 heteroatoms. The van der Waals surface area contributed by atoms with Crippen LogP contribution in [-0.4, -0.2) is 14.9 Å². The zero-order valence-corrected chi connectivity index (χ0v) is 10.1. The summed E-state index contributed by atoms with van der Waals surface area (Å²) in [6.45, 7) is 0.0380. The SMILES string of the molecule is OCc1cnn(-c2ccccc2Cl)c1C1CC1. The second-order valence-corrected chi connectivity index (χ2v) is 4.76. The Morgan fingerprint density at radius 1 is 1.35 bits per heavy atom. The normalized spacial score (nSPS) is 15.2. The number of aliphatic hydroxyl groups is 1. The zero-order chi connectivity index (χ0) is 11.8. The lowest BCUT2D eigenvalue weighted by Crippen LogP contribution is -2.03. The summed E-state index contributed by atoms with van der Waals surface area (Å²) in [4.78, 5) is 0. The Hall–Kier alpha value is -1.32. The molecule has 1 saturated carbocycles. The number of nitrogens with zero attached hydrogens (tertiary/aromatic N) is 2. The minimum Gasteiger partial charge on any atom is -0.392 e. The molecule has 0 saturated heterocycles. The largest absolute Gasteiger partial charge is 0.392 e. The van der Waals surface area contributed by atoms with Gasteiger partial charge in [-0.05, 0) is 25.0 Å². The summed E-state index contributed by atoms with van der Waals surface area (Å²) < 4.78 is 1.87. The molecular weight excluding hydrogens is 236 g/mol. The van der Waals surface area contributed by atoms with Crippen molar-refractivity contribution in [1.29, 1.82) is 0 Å². The van der Waals surface area contributed by atoms with Crippen LogP contribution >= 0.6 is 11.6 Å². The van der Waals surface area contributed by atoms with Crippen LogP contribution < -0.4 is 0 Å². The molecule has 0 radical (unpaired) electrons. The van der Waals surface area contributed by atoms with Crippen LogP contribution in [0.2, 0.25) is 5.02 Å². The molecule has 1 N–H and O–H groups in total. The topological polar surface area (TPSA) is 38.1 Å². The van der Waals surface area contributed by atoms with E-state index < -0.39 is 0 Å². The number of aliphatic hydroxyl groups excluding tert-OH is 1. The minimum atomic E-state index is 0.0380. The summed E-state index contributed by atoms with van der Waals surface area (Å²) in [6.07, 6.45) is 4.07. The molecule has 1 heterocycles. The van der Waals surface area contributed by atoms with Gasteiger partial charge in [-0.15, -0.1) is 0 Å². The molecule has 17 heavy (non-hydrogen) atoms. The monoisotopic (exact) mass is 248 g/mol. The van der Waals surface area contributed by atoms with E-state index >= 15 is 0 Å². The van der Waals surface area contributed by atoms with Gasteiger partial charge in [0.25, 0.3) is 0 Å². The Morgan fingerprint density at radius 3 is 2.76 bits per heavy atom. The first kappa shape index (κ1) is 10.8. The number of hydrogen-bond acceptors (Lipinski definition) is 2. The fourth-order valence-electron chi connectivity index (χ4n) is 2.12. The molecule has 1 aromatic carbocycles.